The fourth-order valence-corrected chi connectivity index (χ4v) is 3.67. The van der Waals surface area contributed by atoms with Gasteiger partial charge in [0.05, 0.1) is 7.11 Å². The Morgan fingerprint density at radius 3 is 2.53 bits per heavy atom. The summed E-state index contributed by atoms with van der Waals surface area (Å²) in [6, 6.07) is 6.21. The van der Waals surface area contributed by atoms with Gasteiger partial charge in [-0.15, -0.1) is 0 Å². The minimum atomic E-state index is 0.128. The largest absolute Gasteiger partial charge is 0.497 e. The van der Waals surface area contributed by atoms with Crippen molar-refractivity contribution < 1.29 is 4.74 Å². The third-order valence-corrected chi connectivity index (χ3v) is 4.86. The van der Waals surface area contributed by atoms with Crippen LogP contribution in [0.4, 0.5) is 0 Å². The highest BCUT2D eigenvalue weighted by Crippen LogP contribution is 2.33. The minimum absolute atomic E-state index is 0.128. The summed E-state index contributed by atoms with van der Waals surface area (Å²) < 4.78 is 6.29. The predicted molar refractivity (Wildman–Crippen MR) is 83.4 cm³/mol. The average molecular weight is 326 g/mol. The lowest BCUT2D eigenvalue weighted by Crippen LogP contribution is -2.16. The molecule has 1 saturated carbocycles. The number of nitrogens with two attached hydrogens (primary N) is 1. The second kappa shape index (κ2) is 7.30. The summed E-state index contributed by atoms with van der Waals surface area (Å²) in [6.45, 7) is 0. The summed E-state index contributed by atoms with van der Waals surface area (Å²) in [6.07, 6.45) is 9.35. The molecule has 2 rings (SSSR count). The second-order valence-electron chi connectivity index (χ2n) is 5.59. The first-order valence-corrected chi connectivity index (χ1v) is 8.09. The topological polar surface area (TPSA) is 35.2 Å². The van der Waals surface area contributed by atoms with Gasteiger partial charge in [-0.25, -0.2) is 0 Å². The molecule has 0 saturated heterocycles. The van der Waals surface area contributed by atoms with Crippen LogP contribution in [0.25, 0.3) is 0 Å². The van der Waals surface area contributed by atoms with E-state index in [0.717, 1.165) is 22.6 Å². The molecule has 0 amide bonds. The zero-order valence-corrected chi connectivity index (χ0v) is 13.3. The molecule has 2 N–H and O–H groups in total. The number of hydrogen-bond acceptors (Lipinski definition) is 2. The quantitative estimate of drug-likeness (QED) is 0.805. The highest BCUT2D eigenvalue weighted by atomic mass is 79.9. The monoisotopic (exact) mass is 325 g/mol. The first kappa shape index (κ1) is 14.9. The molecule has 0 heterocycles. The highest BCUT2D eigenvalue weighted by molar-refractivity contribution is 9.10. The highest BCUT2D eigenvalue weighted by Gasteiger charge is 2.18. The molecular weight excluding hydrogens is 302 g/mol. The minimum Gasteiger partial charge on any atom is -0.497 e. The molecule has 1 aromatic rings. The van der Waals surface area contributed by atoms with Crippen LogP contribution in [0.5, 0.6) is 5.75 Å². The second-order valence-corrected chi connectivity index (χ2v) is 6.44. The van der Waals surface area contributed by atoms with Crippen molar-refractivity contribution in [3.05, 3.63) is 28.2 Å². The maximum atomic E-state index is 6.40. The van der Waals surface area contributed by atoms with E-state index >= 15 is 0 Å². The lowest BCUT2D eigenvalue weighted by molar-refractivity contribution is 0.391. The molecule has 0 bridgehead atoms. The van der Waals surface area contributed by atoms with E-state index < -0.39 is 0 Å². The van der Waals surface area contributed by atoms with Gasteiger partial charge in [-0.05, 0) is 30.0 Å². The van der Waals surface area contributed by atoms with Crippen molar-refractivity contribution in [2.75, 3.05) is 7.11 Å². The third-order valence-electron chi connectivity index (χ3n) is 4.17. The molecule has 1 aliphatic rings. The maximum absolute atomic E-state index is 6.40. The Morgan fingerprint density at radius 1 is 1.26 bits per heavy atom. The smallest absolute Gasteiger partial charge is 0.120 e. The maximum Gasteiger partial charge on any atom is 0.120 e. The fraction of sp³-hybridized carbons (Fsp3) is 0.625. The molecule has 2 nitrogen and oxygen atoms in total. The summed E-state index contributed by atoms with van der Waals surface area (Å²) in [5, 5.41) is 0. The summed E-state index contributed by atoms with van der Waals surface area (Å²) in [5.74, 6) is 1.67. The van der Waals surface area contributed by atoms with Crippen LogP contribution >= 0.6 is 15.9 Å². The molecular formula is C16H24BrNO. The Balaban J connectivity index is 2.00. The van der Waals surface area contributed by atoms with Gasteiger partial charge in [-0.2, -0.15) is 0 Å². The summed E-state index contributed by atoms with van der Waals surface area (Å²) in [7, 11) is 1.69. The molecule has 0 radical (unpaired) electrons. The van der Waals surface area contributed by atoms with Crippen LogP contribution in [-0.2, 0) is 0 Å². The molecule has 1 aliphatic carbocycles. The van der Waals surface area contributed by atoms with Crippen molar-refractivity contribution in [3.8, 4) is 5.75 Å². The van der Waals surface area contributed by atoms with Crippen molar-refractivity contribution in [3.63, 3.8) is 0 Å². The van der Waals surface area contributed by atoms with Crippen molar-refractivity contribution in [1.82, 2.24) is 0 Å². The first-order valence-electron chi connectivity index (χ1n) is 7.29. The van der Waals surface area contributed by atoms with Crippen LogP contribution in [0.1, 0.15) is 56.6 Å². The normalized spacial score (nSPS) is 18.9. The van der Waals surface area contributed by atoms with E-state index in [2.05, 4.69) is 22.0 Å². The van der Waals surface area contributed by atoms with Crippen LogP contribution in [-0.4, -0.2) is 7.11 Å². The number of methoxy groups -OCH3 is 1. The molecule has 1 aromatic carbocycles. The van der Waals surface area contributed by atoms with Gasteiger partial charge < -0.3 is 10.5 Å². The van der Waals surface area contributed by atoms with Crippen LogP contribution in [0.2, 0.25) is 0 Å². The SMILES string of the molecule is COc1ccc(C(N)CC2CCCCCC2)c(Br)c1. The zero-order chi connectivity index (χ0) is 13.7. The number of hydrogen-bond donors (Lipinski definition) is 1. The molecule has 0 aliphatic heterocycles. The molecule has 106 valence electrons. The van der Waals surface area contributed by atoms with Gasteiger partial charge in [0.15, 0.2) is 0 Å². The summed E-state index contributed by atoms with van der Waals surface area (Å²) >= 11 is 3.61. The standard InChI is InChI=1S/C16H24BrNO/c1-19-13-8-9-14(15(17)11-13)16(18)10-12-6-4-2-3-5-7-12/h8-9,11-12,16H,2-7,10,18H2,1H3. The number of benzene rings is 1. The zero-order valence-electron chi connectivity index (χ0n) is 11.7. The molecule has 0 spiro atoms. The Labute approximate surface area is 124 Å². The fourth-order valence-electron chi connectivity index (χ4n) is 3.02. The van der Waals surface area contributed by atoms with Crippen LogP contribution in [0.3, 0.4) is 0 Å². The Hall–Kier alpha value is -0.540. The molecule has 1 atom stereocenters. The van der Waals surface area contributed by atoms with Crippen molar-refractivity contribution >= 4 is 15.9 Å². The van der Waals surface area contributed by atoms with Crippen LogP contribution < -0.4 is 10.5 Å². The molecule has 3 heteroatoms. The van der Waals surface area contributed by atoms with Crippen LogP contribution in [0, 0.1) is 5.92 Å². The van der Waals surface area contributed by atoms with E-state index in [1.165, 1.54) is 44.1 Å². The Kier molecular flexibility index (Phi) is 5.71. The van der Waals surface area contributed by atoms with Gasteiger partial charge in [-0.3, -0.25) is 0 Å². The van der Waals surface area contributed by atoms with Gasteiger partial charge in [-0.1, -0.05) is 60.5 Å². The van der Waals surface area contributed by atoms with E-state index in [1.54, 1.807) is 7.11 Å². The molecule has 0 aromatic heterocycles. The van der Waals surface area contributed by atoms with Crippen molar-refractivity contribution in [2.24, 2.45) is 11.7 Å². The molecule has 19 heavy (non-hydrogen) atoms. The van der Waals surface area contributed by atoms with E-state index in [1.807, 2.05) is 12.1 Å². The van der Waals surface area contributed by atoms with Gasteiger partial charge in [0, 0.05) is 10.5 Å². The lowest BCUT2D eigenvalue weighted by Gasteiger charge is -2.20. The number of rotatable bonds is 4. The third kappa shape index (κ3) is 4.22. The lowest BCUT2D eigenvalue weighted by atomic mass is 9.90. The van der Waals surface area contributed by atoms with Gasteiger partial charge in [0.25, 0.3) is 0 Å². The Bertz CT molecular complexity index is 400. The van der Waals surface area contributed by atoms with Gasteiger partial charge in [0.1, 0.15) is 5.75 Å². The van der Waals surface area contributed by atoms with E-state index in [-0.39, 0.29) is 6.04 Å². The van der Waals surface area contributed by atoms with Gasteiger partial charge in [0.2, 0.25) is 0 Å². The van der Waals surface area contributed by atoms with E-state index in [4.69, 9.17) is 10.5 Å². The van der Waals surface area contributed by atoms with Crippen molar-refractivity contribution in [1.29, 1.82) is 0 Å². The summed E-state index contributed by atoms with van der Waals surface area (Å²) in [4.78, 5) is 0. The predicted octanol–water partition coefficient (Wildman–Crippen LogP) is 4.82. The number of ether oxygens (including phenoxy) is 1. The Morgan fingerprint density at radius 2 is 1.95 bits per heavy atom. The van der Waals surface area contributed by atoms with E-state index in [0.29, 0.717) is 0 Å². The van der Waals surface area contributed by atoms with Crippen molar-refractivity contribution in [2.45, 2.75) is 51.0 Å². The number of halogens is 1. The average Bonchev–Trinajstić information content (AvgIpc) is 2.67. The molecule has 1 unspecified atom stereocenters. The molecule has 1 fully saturated rings. The van der Waals surface area contributed by atoms with Gasteiger partial charge >= 0.3 is 0 Å². The van der Waals surface area contributed by atoms with Crippen LogP contribution in [0.15, 0.2) is 22.7 Å². The summed E-state index contributed by atoms with van der Waals surface area (Å²) in [5.41, 5.74) is 7.60. The first-order chi connectivity index (χ1) is 9.20. The van der Waals surface area contributed by atoms with E-state index in [9.17, 15) is 0 Å².